The van der Waals surface area contributed by atoms with E-state index in [9.17, 15) is 0 Å². The molecule has 2 heterocycles. The molecule has 0 amide bonds. The number of ether oxygens (including phenoxy) is 2. The zero-order valence-corrected chi connectivity index (χ0v) is 10.7. The van der Waals surface area contributed by atoms with Crippen molar-refractivity contribution in [2.75, 3.05) is 31.7 Å². The average Bonchev–Trinajstić information content (AvgIpc) is 2.73. The number of halogens is 1. The molecule has 0 unspecified atom stereocenters. The fraction of sp³-hybridized carbons (Fsp3) is 0.636. The fourth-order valence-corrected chi connectivity index (χ4v) is 2.17. The Morgan fingerprint density at radius 1 is 1.41 bits per heavy atom. The average molecular weight is 258 g/mol. The first-order valence-corrected chi connectivity index (χ1v) is 5.99. The molecule has 2 atom stereocenters. The molecule has 1 fully saturated rings. The first-order valence-electron chi connectivity index (χ1n) is 5.61. The van der Waals surface area contributed by atoms with Gasteiger partial charge in [-0.3, -0.25) is 0 Å². The summed E-state index contributed by atoms with van der Waals surface area (Å²) in [5, 5.41) is 0.448. The minimum atomic E-state index is 0.0729. The molecule has 0 spiro atoms. The van der Waals surface area contributed by atoms with Gasteiger partial charge in [-0.25, -0.2) is 9.97 Å². The maximum absolute atomic E-state index is 5.85. The van der Waals surface area contributed by atoms with Crippen molar-refractivity contribution in [3.63, 3.8) is 0 Å². The van der Waals surface area contributed by atoms with Gasteiger partial charge in [-0.15, -0.1) is 0 Å². The third-order valence-electron chi connectivity index (χ3n) is 2.84. The second-order valence-corrected chi connectivity index (χ2v) is 4.26. The molecule has 0 bridgehead atoms. The first kappa shape index (κ1) is 12.5. The van der Waals surface area contributed by atoms with Crippen LogP contribution in [0.5, 0.6) is 0 Å². The molecule has 5 nitrogen and oxygen atoms in total. The molecule has 0 aliphatic carbocycles. The van der Waals surface area contributed by atoms with E-state index in [4.69, 9.17) is 21.1 Å². The predicted molar refractivity (Wildman–Crippen MR) is 65.5 cm³/mol. The van der Waals surface area contributed by atoms with Crippen LogP contribution in [0.4, 0.5) is 5.82 Å². The van der Waals surface area contributed by atoms with Gasteiger partial charge in [-0.2, -0.15) is 0 Å². The van der Waals surface area contributed by atoms with Gasteiger partial charge in [0.05, 0.1) is 0 Å². The number of methoxy groups -OCH3 is 1. The molecule has 17 heavy (non-hydrogen) atoms. The van der Waals surface area contributed by atoms with Gasteiger partial charge in [0.2, 0.25) is 0 Å². The van der Waals surface area contributed by atoms with E-state index in [2.05, 4.69) is 14.9 Å². The number of nitrogens with zero attached hydrogens (tertiary/aromatic N) is 3. The third-order valence-corrected chi connectivity index (χ3v) is 3.05. The number of anilines is 1. The van der Waals surface area contributed by atoms with E-state index in [1.807, 2.05) is 6.92 Å². The Labute approximate surface area is 106 Å². The lowest BCUT2D eigenvalue weighted by atomic mass is 10.2. The van der Waals surface area contributed by atoms with Crippen LogP contribution >= 0.6 is 11.6 Å². The number of aromatic nitrogens is 2. The van der Waals surface area contributed by atoms with Crippen molar-refractivity contribution in [1.29, 1.82) is 0 Å². The summed E-state index contributed by atoms with van der Waals surface area (Å²) in [7, 11) is 1.70. The summed E-state index contributed by atoms with van der Waals surface area (Å²) in [5.74, 6) is 0.814. The Bertz CT molecular complexity index is 377. The van der Waals surface area contributed by atoms with E-state index >= 15 is 0 Å². The zero-order valence-electron chi connectivity index (χ0n) is 9.97. The van der Waals surface area contributed by atoms with Crippen molar-refractivity contribution >= 4 is 17.4 Å². The lowest BCUT2D eigenvalue weighted by Gasteiger charge is -2.16. The van der Waals surface area contributed by atoms with Crippen LogP contribution in [0, 0.1) is 0 Å². The first-order chi connectivity index (χ1) is 8.24. The van der Waals surface area contributed by atoms with Gasteiger partial charge in [0.15, 0.2) is 0 Å². The molecular formula is C11H16ClN3O2. The van der Waals surface area contributed by atoms with Gasteiger partial charge in [0, 0.05) is 32.9 Å². The van der Waals surface area contributed by atoms with Crippen LogP contribution in [0.2, 0.25) is 5.15 Å². The van der Waals surface area contributed by atoms with Crippen LogP contribution in [-0.2, 0) is 9.47 Å². The summed E-state index contributed by atoms with van der Waals surface area (Å²) in [5.41, 5.74) is 0. The van der Waals surface area contributed by atoms with Crippen LogP contribution in [0.25, 0.3) is 0 Å². The molecule has 2 rings (SSSR count). The Morgan fingerprint density at radius 2 is 2.18 bits per heavy atom. The van der Waals surface area contributed by atoms with Crippen LogP contribution in [0.15, 0.2) is 12.4 Å². The minimum Gasteiger partial charge on any atom is -0.377 e. The normalized spacial score (nSPS) is 24.3. The molecule has 6 heteroatoms. The van der Waals surface area contributed by atoms with Crippen LogP contribution in [-0.4, -0.2) is 49.0 Å². The topological polar surface area (TPSA) is 47.5 Å². The Kier molecular flexibility index (Phi) is 4.15. The lowest BCUT2D eigenvalue weighted by Crippen LogP contribution is -2.28. The highest BCUT2D eigenvalue weighted by Gasteiger charge is 2.34. The summed E-state index contributed by atoms with van der Waals surface area (Å²) in [6.45, 7) is 4.19. The third kappa shape index (κ3) is 2.86. The highest BCUT2D eigenvalue weighted by atomic mass is 35.5. The number of hydrogen-bond acceptors (Lipinski definition) is 5. The van der Waals surface area contributed by atoms with Crippen LogP contribution < -0.4 is 4.90 Å². The van der Waals surface area contributed by atoms with E-state index in [-0.39, 0.29) is 12.2 Å². The lowest BCUT2D eigenvalue weighted by molar-refractivity contribution is -0.0232. The predicted octanol–water partition coefficient (Wildman–Crippen LogP) is 1.37. The van der Waals surface area contributed by atoms with Crippen LogP contribution in [0.3, 0.4) is 0 Å². The van der Waals surface area contributed by atoms with Crippen LogP contribution in [0.1, 0.15) is 6.92 Å². The quantitative estimate of drug-likeness (QED) is 0.763. The SMILES string of the molecule is CCO[C@H]1CN(c2cc(Cl)ncn2)C[C@H]1OC. The fourth-order valence-electron chi connectivity index (χ4n) is 2.03. The minimum absolute atomic E-state index is 0.0729. The highest BCUT2D eigenvalue weighted by molar-refractivity contribution is 6.29. The highest BCUT2D eigenvalue weighted by Crippen LogP contribution is 2.23. The van der Waals surface area contributed by atoms with Gasteiger partial charge in [-0.05, 0) is 6.92 Å². The summed E-state index contributed by atoms with van der Waals surface area (Å²) in [6.07, 6.45) is 1.62. The standard InChI is InChI=1S/C11H16ClN3O2/c1-3-17-9-6-15(5-8(9)16-2)11-4-10(12)13-7-14-11/h4,7-9H,3,5-6H2,1-2H3/t8-,9+/m1/s1. The van der Waals surface area contributed by atoms with Crippen molar-refractivity contribution in [3.05, 3.63) is 17.5 Å². The van der Waals surface area contributed by atoms with E-state index < -0.39 is 0 Å². The summed E-state index contributed by atoms with van der Waals surface area (Å²) in [6, 6.07) is 1.75. The molecule has 1 aliphatic heterocycles. The molecule has 1 saturated heterocycles. The summed E-state index contributed by atoms with van der Waals surface area (Å²) >= 11 is 5.85. The number of rotatable bonds is 4. The van der Waals surface area contributed by atoms with Crippen molar-refractivity contribution in [2.24, 2.45) is 0 Å². The van der Waals surface area contributed by atoms with Crippen molar-refractivity contribution in [1.82, 2.24) is 9.97 Å². The van der Waals surface area contributed by atoms with Gasteiger partial charge in [0.25, 0.3) is 0 Å². The molecule has 94 valence electrons. The molecule has 0 radical (unpaired) electrons. The summed E-state index contributed by atoms with van der Waals surface area (Å²) in [4.78, 5) is 10.2. The van der Waals surface area contributed by atoms with Gasteiger partial charge in [0.1, 0.15) is 29.5 Å². The smallest absolute Gasteiger partial charge is 0.134 e. The maximum atomic E-state index is 5.85. The second-order valence-electron chi connectivity index (χ2n) is 3.87. The van der Waals surface area contributed by atoms with Crippen molar-refractivity contribution in [2.45, 2.75) is 19.1 Å². The molecular weight excluding hydrogens is 242 g/mol. The van der Waals surface area contributed by atoms with E-state index in [1.54, 1.807) is 13.2 Å². The van der Waals surface area contributed by atoms with E-state index in [0.717, 1.165) is 18.9 Å². The molecule has 1 aromatic rings. The maximum Gasteiger partial charge on any atom is 0.134 e. The zero-order chi connectivity index (χ0) is 12.3. The van der Waals surface area contributed by atoms with Gasteiger partial charge < -0.3 is 14.4 Å². The summed E-state index contributed by atoms with van der Waals surface area (Å²) < 4.78 is 11.1. The van der Waals surface area contributed by atoms with Crippen molar-refractivity contribution < 1.29 is 9.47 Å². The number of hydrogen-bond donors (Lipinski definition) is 0. The molecule has 0 aromatic carbocycles. The second kappa shape index (κ2) is 5.62. The Hall–Kier alpha value is -0.910. The monoisotopic (exact) mass is 257 g/mol. The van der Waals surface area contributed by atoms with Gasteiger partial charge in [-0.1, -0.05) is 11.6 Å². The Balaban J connectivity index is 2.09. The molecule has 1 aliphatic rings. The Morgan fingerprint density at radius 3 is 2.82 bits per heavy atom. The molecule has 0 N–H and O–H groups in total. The van der Waals surface area contributed by atoms with E-state index in [1.165, 1.54) is 6.33 Å². The van der Waals surface area contributed by atoms with Crippen molar-refractivity contribution in [3.8, 4) is 0 Å². The largest absolute Gasteiger partial charge is 0.377 e. The van der Waals surface area contributed by atoms with Gasteiger partial charge >= 0.3 is 0 Å². The molecule has 1 aromatic heterocycles. The van der Waals surface area contributed by atoms with E-state index in [0.29, 0.717) is 11.8 Å². The molecule has 0 saturated carbocycles.